The van der Waals surface area contributed by atoms with E-state index < -0.39 is 28.5 Å². The van der Waals surface area contributed by atoms with Gasteiger partial charge in [0.25, 0.3) is 10.0 Å². The third-order valence-electron chi connectivity index (χ3n) is 7.83. The number of carbonyl (C=O) groups is 2. The van der Waals surface area contributed by atoms with Gasteiger partial charge in [-0.1, -0.05) is 66.4 Å². The Bertz CT molecular complexity index is 1500. The van der Waals surface area contributed by atoms with Crippen molar-refractivity contribution in [2.75, 3.05) is 10.8 Å². The average Bonchev–Trinajstić information content (AvgIpc) is 3.45. The number of benzene rings is 3. The molecule has 4 rings (SSSR count). The highest BCUT2D eigenvalue weighted by Crippen LogP contribution is 2.27. The Labute approximate surface area is 248 Å². The maximum absolute atomic E-state index is 14.1. The molecule has 3 aromatic carbocycles. The first kappa shape index (κ1) is 30.6. The Hall–Kier alpha value is -3.36. The molecule has 0 spiro atoms. The number of nitrogens with zero attached hydrogens (tertiary/aromatic N) is 2. The molecular formula is C32H38ClN3O4S. The lowest BCUT2D eigenvalue weighted by molar-refractivity contribution is -0.139. The Morgan fingerprint density at radius 3 is 2.24 bits per heavy atom. The second-order valence-corrected chi connectivity index (χ2v) is 13.1. The monoisotopic (exact) mass is 595 g/mol. The fraction of sp³-hybridized carbons (Fsp3) is 0.375. The van der Waals surface area contributed by atoms with E-state index in [-0.39, 0.29) is 23.4 Å². The molecule has 9 heteroatoms. The number of nitrogens with one attached hydrogen (secondary N) is 1. The van der Waals surface area contributed by atoms with Crippen LogP contribution in [0.15, 0.2) is 71.6 Å². The van der Waals surface area contributed by atoms with Gasteiger partial charge in [-0.3, -0.25) is 13.9 Å². The van der Waals surface area contributed by atoms with Crippen LogP contribution in [0, 0.1) is 20.8 Å². The lowest BCUT2D eigenvalue weighted by atomic mass is 10.1. The number of hydrogen-bond acceptors (Lipinski definition) is 4. The molecule has 218 valence electrons. The molecule has 3 aromatic rings. The van der Waals surface area contributed by atoms with Gasteiger partial charge in [0, 0.05) is 17.6 Å². The summed E-state index contributed by atoms with van der Waals surface area (Å²) in [7, 11) is -4.12. The molecule has 2 amide bonds. The van der Waals surface area contributed by atoms with Crippen LogP contribution < -0.4 is 9.62 Å². The van der Waals surface area contributed by atoms with Gasteiger partial charge in [-0.05, 0) is 87.6 Å². The number of halogens is 1. The standard InChI is InChI=1S/C32H38ClN3O4S/c1-22-13-17-29(18-14-22)41(39,40)36(28-16-15-23(2)24(3)19-28)21-31(37)35(20-26-9-5-8-12-30(26)33)25(4)32(38)34-27-10-6-7-11-27/h5,8-9,12-19,25,27H,6-7,10-11,20-21H2,1-4H3,(H,34,38)/t25-/m1/s1. The van der Waals surface area contributed by atoms with Gasteiger partial charge in [-0.25, -0.2) is 8.42 Å². The molecule has 0 bridgehead atoms. The molecule has 0 heterocycles. The van der Waals surface area contributed by atoms with E-state index >= 15 is 0 Å². The van der Waals surface area contributed by atoms with E-state index in [1.165, 1.54) is 4.90 Å². The number of sulfonamides is 1. The van der Waals surface area contributed by atoms with E-state index in [0.717, 1.165) is 46.7 Å². The molecule has 7 nitrogen and oxygen atoms in total. The van der Waals surface area contributed by atoms with Crippen molar-refractivity contribution in [3.63, 3.8) is 0 Å². The fourth-order valence-electron chi connectivity index (χ4n) is 5.03. The van der Waals surface area contributed by atoms with Crippen LogP contribution in [-0.2, 0) is 26.2 Å². The third-order valence-corrected chi connectivity index (χ3v) is 9.99. The minimum Gasteiger partial charge on any atom is -0.352 e. The summed E-state index contributed by atoms with van der Waals surface area (Å²) < 4.78 is 29.1. The van der Waals surface area contributed by atoms with Gasteiger partial charge in [-0.2, -0.15) is 0 Å². The van der Waals surface area contributed by atoms with Gasteiger partial charge in [-0.15, -0.1) is 0 Å². The summed E-state index contributed by atoms with van der Waals surface area (Å²) in [5.41, 5.74) is 3.87. The van der Waals surface area contributed by atoms with Crippen LogP contribution in [0.25, 0.3) is 0 Å². The molecule has 0 aromatic heterocycles. The number of aryl methyl sites for hydroxylation is 3. The summed E-state index contributed by atoms with van der Waals surface area (Å²) in [6.07, 6.45) is 3.94. The first-order valence-corrected chi connectivity index (χ1v) is 15.8. The second-order valence-electron chi connectivity index (χ2n) is 10.9. The zero-order valence-electron chi connectivity index (χ0n) is 24.1. The molecule has 0 aliphatic heterocycles. The average molecular weight is 596 g/mol. The van der Waals surface area contributed by atoms with E-state index in [1.807, 2.05) is 32.9 Å². The normalized spacial score (nSPS) is 14.5. The molecule has 1 N–H and O–H groups in total. The summed E-state index contributed by atoms with van der Waals surface area (Å²) in [5, 5.41) is 3.54. The van der Waals surface area contributed by atoms with Gasteiger partial charge in [0.15, 0.2) is 0 Å². The van der Waals surface area contributed by atoms with Crippen LogP contribution >= 0.6 is 11.6 Å². The largest absolute Gasteiger partial charge is 0.352 e. The number of hydrogen-bond donors (Lipinski definition) is 1. The molecule has 0 saturated heterocycles. The van der Waals surface area contributed by atoms with Crippen molar-refractivity contribution in [2.45, 2.75) is 76.9 Å². The number of amides is 2. The molecule has 0 unspecified atom stereocenters. The van der Waals surface area contributed by atoms with Gasteiger partial charge >= 0.3 is 0 Å². The van der Waals surface area contributed by atoms with Gasteiger partial charge in [0.1, 0.15) is 12.6 Å². The van der Waals surface area contributed by atoms with E-state index in [4.69, 9.17) is 11.6 Å². The lowest BCUT2D eigenvalue weighted by Crippen LogP contribution is -2.52. The van der Waals surface area contributed by atoms with Crippen molar-refractivity contribution in [3.05, 3.63) is 94.0 Å². The highest BCUT2D eigenvalue weighted by Gasteiger charge is 2.33. The summed E-state index contributed by atoms with van der Waals surface area (Å²) in [6, 6.07) is 18.2. The van der Waals surface area contributed by atoms with Crippen molar-refractivity contribution in [1.82, 2.24) is 10.2 Å². The quantitative estimate of drug-likeness (QED) is 0.314. The molecular weight excluding hydrogens is 558 g/mol. The summed E-state index contributed by atoms with van der Waals surface area (Å²) >= 11 is 6.45. The zero-order valence-corrected chi connectivity index (χ0v) is 25.6. The van der Waals surface area contributed by atoms with Crippen LogP contribution in [0.4, 0.5) is 5.69 Å². The first-order valence-electron chi connectivity index (χ1n) is 14.0. The highest BCUT2D eigenvalue weighted by atomic mass is 35.5. The summed E-state index contributed by atoms with van der Waals surface area (Å²) in [5.74, 6) is -0.774. The van der Waals surface area contributed by atoms with Crippen LogP contribution in [0.3, 0.4) is 0 Å². The molecule has 1 atom stereocenters. The molecule has 41 heavy (non-hydrogen) atoms. The summed E-state index contributed by atoms with van der Waals surface area (Å²) in [4.78, 5) is 28.9. The predicted octanol–water partition coefficient (Wildman–Crippen LogP) is 5.94. The van der Waals surface area contributed by atoms with Gasteiger partial charge in [0.05, 0.1) is 10.6 Å². The number of carbonyl (C=O) groups excluding carboxylic acids is 2. The van der Waals surface area contributed by atoms with Crippen molar-refractivity contribution in [1.29, 1.82) is 0 Å². The Kier molecular flexibility index (Phi) is 9.76. The Morgan fingerprint density at radius 1 is 0.951 bits per heavy atom. The van der Waals surface area contributed by atoms with E-state index in [0.29, 0.717) is 16.3 Å². The van der Waals surface area contributed by atoms with Crippen molar-refractivity contribution in [2.24, 2.45) is 0 Å². The van der Waals surface area contributed by atoms with Crippen LogP contribution in [0.5, 0.6) is 0 Å². The smallest absolute Gasteiger partial charge is 0.264 e. The molecule has 0 radical (unpaired) electrons. The fourth-order valence-corrected chi connectivity index (χ4v) is 6.63. The van der Waals surface area contributed by atoms with Crippen molar-refractivity contribution < 1.29 is 18.0 Å². The molecule has 1 aliphatic carbocycles. The maximum Gasteiger partial charge on any atom is 0.264 e. The predicted molar refractivity (Wildman–Crippen MR) is 163 cm³/mol. The third kappa shape index (κ3) is 7.29. The number of rotatable bonds is 10. The first-order chi connectivity index (χ1) is 19.5. The minimum atomic E-state index is -4.12. The van der Waals surface area contributed by atoms with E-state index in [2.05, 4.69) is 5.32 Å². The highest BCUT2D eigenvalue weighted by molar-refractivity contribution is 7.92. The SMILES string of the molecule is Cc1ccc(S(=O)(=O)N(CC(=O)N(Cc2ccccc2Cl)[C@H](C)C(=O)NC2CCCC2)c2ccc(C)c(C)c2)cc1. The summed E-state index contributed by atoms with van der Waals surface area (Å²) in [6.45, 7) is 6.97. The van der Waals surface area contributed by atoms with E-state index in [1.54, 1.807) is 61.5 Å². The molecule has 1 aliphatic rings. The Morgan fingerprint density at radius 2 is 1.61 bits per heavy atom. The van der Waals surface area contributed by atoms with Crippen molar-refractivity contribution >= 4 is 39.1 Å². The van der Waals surface area contributed by atoms with E-state index in [9.17, 15) is 18.0 Å². The Balaban J connectivity index is 1.71. The maximum atomic E-state index is 14.1. The second kappa shape index (κ2) is 13.1. The zero-order chi connectivity index (χ0) is 29.7. The van der Waals surface area contributed by atoms with Crippen LogP contribution in [0.2, 0.25) is 5.02 Å². The minimum absolute atomic E-state index is 0.0586. The number of anilines is 1. The van der Waals surface area contributed by atoms with Crippen molar-refractivity contribution in [3.8, 4) is 0 Å². The van der Waals surface area contributed by atoms with Gasteiger partial charge in [0.2, 0.25) is 11.8 Å². The molecule has 1 saturated carbocycles. The topological polar surface area (TPSA) is 86.8 Å². The van der Waals surface area contributed by atoms with Gasteiger partial charge < -0.3 is 10.2 Å². The van der Waals surface area contributed by atoms with Crippen LogP contribution in [0.1, 0.15) is 54.9 Å². The van der Waals surface area contributed by atoms with Crippen LogP contribution in [-0.4, -0.2) is 43.8 Å². The lowest BCUT2D eigenvalue weighted by Gasteiger charge is -2.32. The molecule has 1 fully saturated rings.